The van der Waals surface area contributed by atoms with Crippen molar-refractivity contribution in [1.82, 2.24) is 4.90 Å². The van der Waals surface area contributed by atoms with Crippen molar-refractivity contribution in [2.45, 2.75) is 57.8 Å². The second-order valence-corrected chi connectivity index (χ2v) is 8.16. The van der Waals surface area contributed by atoms with Gasteiger partial charge in [0.1, 0.15) is 5.60 Å². The van der Waals surface area contributed by atoms with Crippen LogP contribution in [-0.4, -0.2) is 47.5 Å². The zero-order chi connectivity index (χ0) is 17.0. The van der Waals surface area contributed by atoms with E-state index in [0.29, 0.717) is 17.8 Å². The molecule has 130 valence electrons. The highest BCUT2D eigenvalue weighted by Crippen LogP contribution is 2.39. The third-order valence-electron chi connectivity index (χ3n) is 4.06. The molecule has 1 unspecified atom stereocenters. The molecule has 0 spiro atoms. The Bertz CT molecular complexity index is 475. The fraction of sp³-hybridized carbons (Fsp3) is 0.765. The number of hydrogen-bond acceptors (Lipinski definition) is 5. The first-order chi connectivity index (χ1) is 10.8. The van der Waals surface area contributed by atoms with Crippen LogP contribution in [0.3, 0.4) is 0 Å². The van der Waals surface area contributed by atoms with Crippen LogP contribution in [0, 0.1) is 5.92 Å². The number of thioether (sulfide) groups is 1. The summed E-state index contributed by atoms with van der Waals surface area (Å²) >= 11 is 1.73. The largest absolute Gasteiger partial charge is 0.463 e. The molecular weight excluding hydrogens is 314 g/mol. The van der Waals surface area contributed by atoms with Gasteiger partial charge in [-0.3, -0.25) is 0 Å². The zero-order valence-electron chi connectivity index (χ0n) is 14.5. The molecule has 0 aromatic rings. The molecule has 2 heterocycles. The zero-order valence-corrected chi connectivity index (χ0v) is 15.3. The minimum Gasteiger partial charge on any atom is -0.463 e. The van der Waals surface area contributed by atoms with Crippen LogP contribution in [0.15, 0.2) is 11.0 Å². The van der Waals surface area contributed by atoms with Gasteiger partial charge in [0.2, 0.25) is 0 Å². The number of amides is 1. The monoisotopic (exact) mass is 341 g/mol. The fourth-order valence-corrected chi connectivity index (χ4v) is 4.20. The van der Waals surface area contributed by atoms with Gasteiger partial charge in [-0.15, -0.1) is 11.8 Å². The lowest BCUT2D eigenvalue weighted by Crippen LogP contribution is -2.43. The highest BCUT2D eigenvalue weighted by atomic mass is 32.2. The third-order valence-corrected chi connectivity index (χ3v) is 5.38. The van der Waals surface area contributed by atoms with Crippen molar-refractivity contribution < 1.29 is 19.1 Å². The Kier molecular flexibility index (Phi) is 6.00. The van der Waals surface area contributed by atoms with Crippen molar-refractivity contribution >= 4 is 23.8 Å². The molecule has 1 fully saturated rings. The SMILES string of the molecule is CCOC(=O)C1=CSC(C2CCN(C(=O)OC(C)(C)C)CC2)C1. The summed E-state index contributed by atoms with van der Waals surface area (Å²) in [5.41, 5.74) is 0.338. The molecule has 2 rings (SSSR count). The van der Waals surface area contributed by atoms with Gasteiger partial charge < -0.3 is 14.4 Å². The fourth-order valence-electron chi connectivity index (χ4n) is 2.90. The first kappa shape index (κ1) is 18.2. The third kappa shape index (κ3) is 5.16. The number of ether oxygens (including phenoxy) is 2. The van der Waals surface area contributed by atoms with Crippen LogP contribution in [0.2, 0.25) is 0 Å². The maximum absolute atomic E-state index is 12.1. The Morgan fingerprint density at radius 2 is 1.96 bits per heavy atom. The number of carbonyl (C=O) groups excluding carboxylic acids is 2. The summed E-state index contributed by atoms with van der Waals surface area (Å²) in [6.45, 7) is 9.35. The van der Waals surface area contributed by atoms with E-state index in [4.69, 9.17) is 9.47 Å². The number of nitrogens with zero attached hydrogens (tertiary/aromatic N) is 1. The lowest BCUT2D eigenvalue weighted by molar-refractivity contribution is -0.138. The van der Waals surface area contributed by atoms with Crippen LogP contribution >= 0.6 is 11.8 Å². The van der Waals surface area contributed by atoms with Gasteiger partial charge in [-0.05, 0) is 58.3 Å². The predicted molar refractivity (Wildman–Crippen MR) is 91.2 cm³/mol. The van der Waals surface area contributed by atoms with E-state index in [-0.39, 0.29) is 12.1 Å². The number of piperidine rings is 1. The molecule has 23 heavy (non-hydrogen) atoms. The minimum absolute atomic E-state index is 0.186. The molecule has 0 aromatic carbocycles. The van der Waals surface area contributed by atoms with Gasteiger partial charge in [0.15, 0.2) is 0 Å². The van der Waals surface area contributed by atoms with E-state index in [0.717, 1.165) is 37.9 Å². The minimum atomic E-state index is -0.451. The molecule has 5 nitrogen and oxygen atoms in total. The van der Waals surface area contributed by atoms with Gasteiger partial charge in [-0.2, -0.15) is 0 Å². The first-order valence-corrected chi connectivity index (χ1v) is 9.24. The summed E-state index contributed by atoms with van der Waals surface area (Å²) in [6, 6.07) is 0. The van der Waals surface area contributed by atoms with Crippen molar-refractivity contribution in [2.75, 3.05) is 19.7 Å². The summed E-state index contributed by atoms with van der Waals surface area (Å²) in [7, 11) is 0. The van der Waals surface area contributed by atoms with E-state index in [1.807, 2.05) is 33.1 Å². The van der Waals surface area contributed by atoms with Gasteiger partial charge in [-0.25, -0.2) is 9.59 Å². The number of hydrogen-bond donors (Lipinski definition) is 0. The maximum atomic E-state index is 12.1. The van der Waals surface area contributed by atoms with Crippen LogP contribution in [-0.2, 0) is 14.3 Å². The summed E-state index contributed by atoms with van der Waals surface area (Å²) in [4.78, 5) is 25.6. The Labute approximate surface area is 142 Å². The normalized spacial score (nSPS) is 22.7. The lowest BCUT2D eigenvalue weighted by Gasteiger charge is -2.35. The van der Waals surface area contributed by atoms with Gasteiger partial charge in [0, 0.05) is 23.9 Å². The van der Waals surface area contributed by atoms with Crippen molar-refractivity contribution in [3.8, 4) is 0 Å². The molecular formula is C17H27NO4S. The van der Waals surface area contributed by atoms with Crippen molar-refractivity contribution in [3.63, 3.8) is 0 Å². The molecule has 0 N–H and O–H groups in total. The van der Waals surface area contributed by atoms with Crippen LogP contribution in [0.1, 0.15) is 47.0 Å². The second kappa shape index (κ2) is 7.60. The summed E-state index contributed by atoms with van der Waals surface area (Å²) in [6.07, 6.45) is 2.47. The number of carbonyl (C=O) groups is 2. The Balaban J connectivity index is 1.78. The molecule has 1 amide bonds. The molecule has 0 aliphatic carbocycles. The molecule has 0 bridgehead atoms. The lowest BCUT2D eigenvalue weighted by atomic mass is 9.90. The van der Waals surface area contributed by atoms with Gasteiger partial charge in [0.05, 0.1) is 6.61 Å². The molecule has 6 heteroatoms. The van der Waals surface area contributed by atoms with Crippen molar-refractivity contribution in [1.29, 1.82) is 0 Å². The highest BCUT2D eigenvalue weighted by molar-refractivity contribution is 8.03. The van der Waals surface area contributed by atoms with E-state index in [1.54, 1.807) is 16.7 Å². The van der Waals surface area contributed by atoms with Gasteiger partial charge in [-0.1, -0.05) is 0 Å². The second-order valence-electron chi connectivity index (χ2n) is 7.05. The van der Waals surface area contributed by atoms with Crippen LogP contribution in [0.4, 0.5) is 4.79 Å². The molecule has 2 aliphatic rings. The summed E-state index contributed by atoms with van der Waals surface area (Å²) in [5, 5.41) is 2.37. The topological polar surface area (TPSA) is 55.8 Å². The van der Waals surface area contributed by atoms with Gasteiger partial charge >= 0.3 is 12.1 Å². The number of rotatable bonds is 3. The molecule has 2 aliphatic heterocycles. The number of esters is 1. The maximum Gasteiger partial charge on any atom is 0.410 e. The smallest absolute Gasteiger partial charge is 0.410 e. The standard InChI is InChI=1S/C17H27NO4S/c1-5-21-15(19)13-10-14(23-11-13)12-6-8-18(9-7-12)16(20)22-17(2,3)4/h11-12,14H,5-10H2,1-4H3. The van der Waals surface area contributed by atoms with E-state index < -0.39 is 5.60 Å². The van der Waals surface area contributed by atoms with E-state index in [9.17, 15) is 9.59 Å². The van der Waals surface area contributed by atoms with E-state index in [2.05, 4.69) is 0 Å². The van der Waals surface area contributed by atoms with Crippen LogP contribution < -0.4 is 0 Å². The Morgan fingerprint density at radius 1 is 1.30 bits per heavy atom. The molecule has 0 radical (unpaired) electrons. The summed E-state index contributed by atoms with van der Waals surface area (Å²) in [5.74, 6) is 0.343. The van der Waals surface area contributed by atoms with Crippen LogP contribution in [0.5, 0.6) is 0 Å². The molecule has 1 saturated heterocycles. The Morgan fingerprint density at radius 3 is 2.52 bits per heavy atom. The van der Waals surface area contributed by atoms with Crippen molar-refractivity contribution in [2.24, 2.45) is 5.92 Å². The number of likely N-dealkylation sites (tertiary alicyclic amines) is 1. The Hall–Kier alpha value is -1.17. The van der Waals surface area contributed by atoms with E-state index >= 15 is 0 Å². The average molecular weight is 341 g/mol. The highest BCUT2D eigenvalue weighted by Gasteiger charge is 2.34. The molecule has 0 aromatic heterocycles. The predicted octanol–water partition coefficient (Wildman–Crippen LogP) is 3.59. The molecule has 1 atom stereocenters. The van der Waals surface area contributed by atoms with Gasteiger partial charge in [0.25, 0.3) is 0 Å². The van der Waals surface area contributed by atoms with E-state index in [1.165, 1.54) is 0 Å². The molecule has 0 saturated carbocycles. The first-order valence-electron chi connectivity index (χ1n) is 8.29. The summed E-state index contributed by atoms with van der Waals surface area (Å²) < 4.78 is 10.5. The van der Waals surface area contributed by atoms with Crippen LogP contribution in [0.25, 0.3) is 0 Å². The quantitative estimate of drug-likeness (QED) is 0.734. The van der Waals surface area contributed by atoms with Crippen molar-refractivity contribution in [3.05, 3.63) is 11.0 Å². The average Bonchev–Trinajstić information content (AvgIpc) is 2.96.